The summed E-state index contributed by atoms with van der Waals surface area (Å²) in [4.78, 5) is 19.2. The SMILES string of the molecule is C=C(CC)/C(=C1/C=CNC1=NC)N1CCCC(c2cccc(NC(=O)Nc3cc(C)no3)c2)C1. The Balaban J connectivity index is 1.50. The van der Waals surface area contributed by atoms with Crippen molar-refractivity contribution in [3.63, 3.8) is 0 Å². The third-order valence-corrected chi connectivity index (χ3v) is 6.18. The van der Waals surface area contributed by atoms with Crippen LogP contribution in [0.3, 0.4) is 0 Å². The van der Waals surface area contributed by atoms with E-state index in [0.717, 1.165) is 55.0 Å². The molecule has 0 radical (unpaired) electrons. The van der Waals surface area contributed by atoms with E-state index in [-0.39, 0.29) is 6.03 Å². The molecule has 1 saturated heterocycles. The molecule has 8 nitrogen and oxygen atoms in total. The van der Waals surface area contributed by atoms with E-state index in [4.69, 9.17) is 4.52 Å². The Labute approximate surface area is 200 Å². The minimum absolute atomic E-state index is 0.316. The minimum Gasteiger partial charge on any atom is -0.370 e. The molecule has 2 aliphatic heterocycles. The maximum absolute atomic E-state index is 12.4. The molecular formula is C26H32N6O2. The number of amides is 2. The average molecular weight is 461 g/mol. The number of aromatic nitrogens is 1. The smallest absolute Gasteiger partial charge is 0.326 e. The number of anilines is 2. The Hall–Kier alpha value is -3.81. The van der Waals surface area contributed by atoms with Crippen molar-refractivity contribution < 1.29 is 9.32 Å². The molecule has 4 rings (SSSR count). The lowest BCUT2D eigenvalue weighted by Gasteiger charge is -2.37. The highest BCUT2D eigenvalue weighted by molar-refractivity contribution is 6.05. The van der Waals surface area contributed by atoms with E-state index in [1.165, 1.54) is 11.3 Å². The number of carbonyl (C=O) groups is 1. The van der Waals surface area contributed by atoms with Gasteiger partial charge in [-0.15, -0.1) is 0 Å². The number of nitrogens with zero attached hydrogens (tertiary/aromatic N) is 3. The van der Waals surface area contributed by atoms with Crippen molar-refractivity contribution in [1.82, 2.24) is 15.4 Å². The second-order valence-electron chi connectivity index (χ2n) is 8.59. The molecule has 34 heavy (non-hydrogen) atoms. The zero-order chi connectivity index (χ0) is 24.1. The summed E-state index contributed by atoms with van der Waals surface area (Å²) in [6, 6.07) is 9.37. The summed E-state index contributed by atoms with van der Waals surface area (Å²) in [6.45, 7) is 10.2. The largest absolute Gasteiger partial charge is 0.370 e. The number of allylic oxidation sites excluding steroid dienone is 1. The second kappa shape index (κ2) is 10.4. The first-order valence-electron chi connectivity index (χ1n) is 11.7. The van der Waals surface area contributed by atoms with Crippen LogP contribution in [-0.2, 0) is 0 Å². The molecule has 0 saturated carbocycles. The number of nitrogens with one attached hydrogen (secondary N) is 3. The third kappa shape index (κ3) is 5.22. The number of carbonyl (C=O) groups excluding carboxylic acids is 1. The number of hydrogen-bond donors (Lipinski definition) is 3. The van der Waals surface area contributed by atoms with Crippen molar-refractivity contribution in [3.8, 4) is 0 Å². The maximum Gasteiger partial charge on any atom is 0.326 e. The fourth-order valence-corrected chi connectivity index (χ4v) is 4.51. The van der Waals surface area contributed by atoms with E-state index >= 15 is 0 Å². The van der Waals surface area contributed by atoms with Crippen molar-refractivity contribution >= 4 is 23.4 Å². The molecule has 0 spiro atoms. The zero-order valence-electron chi connectivity index (χ0n) is 20.0. The molecule has 3 N–H and O–H groups in total. The van der Waals surface area contributed by atoms with E-state index in [2.05, 4.69) is 62.7 Å². The van der Waals surface area contributed by atoms with Gasteiger partial charge in [-0.25, -0.2) is 4.79 Å². The van der Waals surface area contributed by atoms with Crippen LogP contribution in [0.5, 0.6) is 0 Å². The van der Waals surface area contributed by atoms with Crippen molar-refractivity contribution in [2.45, 2.75) is 39.0 Å². The summed E-state index contributed by atoms with van der Waals surface area (Å²) >= 11 is 0. The third-order valence-electron chi connectivity index (χ3n) is 6.18. The highest BCUT2D eigenvalue weighted by Crippen LogP contribution is 2.34. The first-order chi connectivity index (χ1) is 16.5. The first-order valence-corrected chi connectivity index (χ1v) is 11.7. The molecule has 1 unspecified atom stereocenters. The van der Waals surface area contributed by atoms with Crippen LogP contribution < -0.4 is 16.0 Å². The summed E-state index contributed by atoms with van der Waals surface area (Å²) in [6.07, 6.45) is 7.07. The monoisotopic (exact) mass is 460 g/mol. The van der Waals surface area contributed by atoms with Crippen LogP contribution in [0, 0.1) is 6.92 Å². The average Bonchev–Trinajstić information content (AvgIpc) is 3.48. The lowest BCUT2D eigenvalue weighted by molar-refractivity contribution is 0.260. The van der Waals surface area contributed by atoms with Crippen LogP contribution in [-0.4, -0.2) is 42.1 Å². The Bertz CT molecular complexity index is 1160. The number of likely N-dealkylation sites (tertiary alicyclic amines) is 1. The van der Waals surface area contributed by atoms with Crippen LogP contribution in [0.2, 0.25) is 0 Å². The van der Waals surface area contributed by atoms with Crippen molar-refractivity contribution in [3.05, 3.63) is 77.3 Å². The lowest BCUT2D eigenvalue weighted by Crippen LogP contribution is -2.36. The lowest BCUT2D eigenvalue weighted by atomic mass is 9.89. The van der Waals surface area contributed by atoms with Gasteiger partial charge in [0.1, 0.15) is 5.84 Å². The van der Waals surface area contributed by atoms with Gasteiger partial charge in [0.15, 0.2) is 0 Å². The molecule has 178 valence electrons. The van der Waals surface area contributed by atoms with E-state index in [1.54, 1.807) is 20.0 Å². The molecule has 1 aromatic heterocycles. The number of rotatable bonds is 6. The van der Waals surface area contributed by atoms with Gasteiger partial charge in [-0.05, 0) is 55.5 Å². The summed E-state index contributed by atoms with van der Waals surface area (Å²) in [5.41, 5.74) is 6.03. The standard InChI is InChI=1S/C26H32N6O2/c1-5-17(2)24(22-11-12-28-25(22)27-4)32-13-7-9-20(16-32)19-8-6-10-21(15-19)29-26(33)30-23-14-18(3)31-34-23/h6,8,10-12,14-15,20H,2,5,7,9,13,16H2,1,3-4H3,(H,27,28)(H2,29,30,33)/b24-22+. The molecule has 2 amide bonds. The first kappa shape index (κ1) is 23.4. The van der Waals surface area contributed by atoms with Gasteiger partial charge in [-0.2, -0.15) is 0 Å². The molecule has 2 aliphatic rings. The highest BCUT2D eigenvalue weighted by atomic mass is 16.5. The molecule has 1 fully saturated rings. The van der Waals surface area contributed by atoms with Crippen LogP contribution in [0.25, 0.3) is 0 Å². The van der Waals surface area contributed by atoms with Crippen LogP contribution in [0.4, 0.5) is 16.4 Å². The van der Waals surface area contributed by atoms with Gasteiger partial charge >= 0.3 is 6.03 Å². The number of aliphatic imine (C=N–C) groups is 1. The number of urea groups is 1. The predicted molar refractivity (Wildman–Crippen MR) is 136 cm³/mol. The Morgan fingerprint density at radius 2 is 2.21 bits per heavy atom. The van der Waals surface area contributed by atoms with Crippen molar-refractivity contribution in [2.24, 2.45) is 4.99 Å². The number of hydrogen-bond acceptors (Lipinski definition) is 5. The number of amidine groups is 1. The van der Waals surface area contributed by atoms with Crippen molar-refractivity contribution in [2.75, 3.05) is 30.8 Å². The summed E-state index contributed by atoms with van der Waals surface area (Å²) in [5, 5.41) is 12.6. The van der Waals surface area contributed by atoms with Gasteiger partial charge in [-0.1, -0.05) is 30.8 Å². The van der Waals surface area contributed by atoms with Crippen LogP contribution >= 0.6 is 0 Å². The zero-order valence-corrected chi connectivity index (χ0v) is 20.0. The van der Waals surface area contributed by atoms with E-state index in [1.807, 2.05) is 18.3 Å². The molecule has 0 aliphatic carbocycles. The Morgan fingerprint density at radius 1 is 1.35 bits per heavy atom. The molecule has 0 bridgehead atoms. The number of aryl methyl sites for hydroxylation is 1. The number of benzene rings is 1. The molecule has 8 heteroatoms. The van der Waals surface area contributed by atoms with Gasteiger partial charge in [0.25, 0.3) is 0 Å². The van der Waals surface area contributed by atoms with Crippen LogP contribution in [0.1, 0.15) is 43.4 Å². The van der Waals surface area contributed by atoms with Crippen molar-refractivity contribution in [1.29, 1.82) is 0 Å². The minimum atomic E-state index is -0.364. The summed E-state index contributed by atoms with van der Waals surface area (Å²) in [7, 11) is 1.80. The Kier molecular flexibility index (Phi) is 7.15. The molecule has 3 heterocycles. The van der Waals surface area contributed by atoms with E-state index in [0.29, 0.717) is 17.5 Å². The van der Waals surface area contributed by atoms with E-state index < -0.39 is 0 Å². The molecule has 1 aromatic carbocycles. The highest BCUT2D eigenvalue weighted by Gasteiger charge is 2.27. The fraction of sp³-hybridized carbons (Fsp3) is 0.346. The van der Waals surface area contributed by atoms with Gasteiger partial charge < -0.3 is 20.1 Å². The van der Waals surface area contributed by atoms with Gasteiger partial charge in [0.05, 0.1) is 11.4 Å². The van der Waals surface area contributed by atoms with Crippen LogP contribution in [0.15, 0.2) is 75.5 Å². The quantitative estimate of drug-likeness (QED) is 0.553. The van der Waals surface area contributed by atoms with Gasteiger partial charge in [0, 0.05) is 49.6 Å². The second-order valence-corrected chi connectivity index (χ2v) is 8.59. The molecular weight excluding hydrogens is 428 g/mol. The maximum atomic E-state index is 12.4. The van der Waals surface area contributed by atoms with Gasteiger partial charge in [0.2, 0.25) is 5.88 Å². The predicted octanol–water partition coefficient (Wildman–Crippen LogP) is 5.17. The topological polar surface area (TPSA) is 94.8 Å². The molecule has 2 aromatic rings. The summed E-state index contributed by atoms with van der Waals surface area (Å²) in [5.74, 6) is 1.54. The summed E-state index contributed by atoms with van der Waals surface area (Å²) < 4.78 is 5.06. The van der Waals surface area contributed by atoms with Gasteiger partial charge in [-0.3, -0.25) is 10.3 Å². The number of piperidine rings is 1. The Morgan fingerprint density at radius 3 is 2.94 bits per heavy atom. The molecule has 1 atom stereocenters. The fourth-order valence-electron chi connectivity index (χ4n) is 4.51. The normalized spacial score (nSPS) is 20.3. The van der Waals surface area contributed by atoms with E-state index in [9.17, 15) is 4.79 Å².